The van der Waals surface area contributed by atoms with Crippen molar-refractivity contribution in [2.75, 3.05) is 6.54 Å². The normalized spacial score (nSPS) is 36.5. The van der Waals surface area contributed by atoms with Gasteiger partial charge in [0.25, 0.3) is 0 Å². The van der Waals surface area contributed by atoms with E-state index in [1.165, 1.54) is 12.8 Å². The third kappa shape index (κ3) is 2.51. The average molecular weight is 210 g/mol. The van der Waals surface area contributed by atoms with Crippen LogP contribution in [-0.2, 0) is 4.79 Å². The second-order valence-corrected chi connectivity index (χ2v) is 5.45. The van der Waals surface area contributed by atoms with E-state index in [2.05, 4.69) is 12.2 Å². The number of nitrogens with one attached hydrogen (secondary N) is 1. The van der Waals surface area contributed by atoms with E-state index in [4.69, 9.17) is 5.73 Å². The van der Waals surface area contributed by atoms with Crippen molar-refractivity contribution >= 4 is 5.91 Å². The zero-order valence-corrected chi connectivity index (χ0v) is 9.59. The maximum absolute atomic E-state index is 11.6. The highest BCUT2D eigenvalue weighted by atomic mass is 16.1. The van der Waals surface area contributed by atoms with Crippen LogP contribution in [-0.4, -0.2) is 18.0 Å². The van der Waals surface area contributed by atoms with Crippen LogP contribution < -0.4 is 11.1 Å². The molecule has 0 radical (unpaired) electrons. The van der Waals surface area contributed by atoms with Crippen LogP contribution in [0.15, 0.2) is 0 Å². The Labute approximate surface area is 91.8 Å². The molecule has 2 aliphatic carbocycles. The van der Waals surface area contributed by atoms with Crippen LogP contribution in [0.25, 0.3) is 0 Å². The summed E-state index contributed by atoms with van der Waals surface area (Å²) in [4.78, 5) is 11.6. The van der Waals surface area contributed by atoms with E-state index in [0.29, 0.717) is 0 Å². The second-order valence-electron chi connectivity index (χ2n) is 5.45. The average Bonchev–Trinajstić information content (AvgIpc) is 3.01. The lowest BCUT2D eigenvalue weighted by atomic mass is 9.76. The summed E-state index contributed by atoms with van der Waals surface area (Å²) in [5.74, 6) is 1.41. The van der Waals surface area contributed by atoms with E-state index in [-0.39, 0.29) is 11.4 Å². The lowest BCUT2D eigenvalue weighted by Crippen LogP contribution is -2.57. The molecule has 3 N–H and O–H groups in total. The van der Waals surface area contributed by atoms with Crippen LogP contribution in [0.1, 0.15) is 45.4 Å². The fraction of sp³-hybridized carbons (Fsp3) is 0.917. The molecule has 15 heavy (non-hydrogen) atoms. The molecule has 0 unspecified atom stereocenters. The third-order valence-electron chi connectivity index (χ3n) is 4.03. The monoisotopic (exact) mass is 210 g/mol. The van der Waals surface area contributed by atoms with Crippen molar-refractivity contribution in [3.63, 3.8) is 0 Å². The van der Waals surface area contributed by atoms with Gasteiger partial charge in [0.05, 0.1) is 5.54 Å². The quantitative estimate of drug-likeness (QED) is 0.737. The lowest BCUT2D eigenvalue weighted by Gasteiger charge is -2.37. The number of carbonyl (C=O) groups excluding carboxylic acids is 1. The second kappa shape index (κ2) is 4.12. The van der Waals surface area contributed by atoms with Crippen LogP contribution >= 0.6 is 0 Å². The fourth-order valence-corrected chi connectivity index (χ4v) is 2.43. The Balaban J connectivity index is 1.93. The molecule has 0 aliphatic heterocycles. The van der Waals surface area contributed by atoms with E-state index in [1.807, 2.05) is 0 Å². The maximum Gasteiger partial charge on any atom is 0.237 e. The first kappa shape index (κ1) is 10.9. The molecule has 0 aromatic carbocycles. The van der Waals surface area contributed by atoms with Crippen molar-refractivity contribution in [1.82, 2.24) is 5.32 Å². The van der Waals surface area contributed by atoms with E-state index in [1.54, 1.807) is 0 Å². The summed E-state index contributed by atoms with van der Waals surface area (Å²) in [6.45, 7) is 3.24. The predicted molar refractivity (Wildman–Crippen MR) is 60.3 cm³/mol. The highest BCUT2D eigenvalue weighted by Crippen LogP contribution is 2.34. The summed E-state index contributed by atoms with van der Waals surface area (Å²) in [7, 11) is 0. The molecule has 2 rings (SSSR count). The first-order valence-electron chi connectivity index (χ1n) is 6.17. The molecule has 2 aliphatic rings. The topological polar surface area (TPSA) is 55.1 Å². The Morgan fingerprint density at radius 1 is 1.33 bits per heavy atom. The summed E-state index contributed by atoms with van der Waals surface area (Å²) in [6.07, 6.45) is 6.74. The van der Waals surface area contributed by atoms with Gasteiger partial charge in [-0.15, -0.1) is 0 Å². The SMILES string of the molecule is CC1CCC(NCC2CC2)(C(N)=O)CC1. The molecular weight excluding hydrogens is 188 g/mol. The molecule has 2 fully saturated rings. The van der Waals surface area contributed by atoms with Crippen molar-refractivity contribution in [3.05, 3.63) is 0 Å². The van der Waals surface area contributed by atoms with Gasteiger partial charge >= 0.3 is 0 Å². The maximum atomic E-state index is 11.6. The minimum atomic E-state index is -0.380. The number of hydrogen-bond donors (Lipinski definition) is 2. The first-order valence-corrected chi connectivity index (χ1v) is 6.17. The highest BCUT2D eigenvalue weighted by Gasteiger charge is 2.40. The number of amides is 1. The Morgan fingerprint density at radius 3 is 2.40 bits per heavy atom. The molecule has 3 nitrogen and oxygen atoms in total. The zero-order chi connectivity index (χ0) is 10.9. The number of rotatable bonds is 4. The van der Waals surface area contributed by atoms with Crippen molar-refractivity contribution in [2.24, 2.45) is 17.6 Å². The first-order chi connectivity index (χ1) is 7.12. The van der Waals surface area contributed by atoms with Gasteiger partial charge in [0.1, 0.15) is 0 Å². The van der Waals surface area contributed by atoms with E-state index in [9.17, 15) is 4.79 Å². The molecule has 0 spiro atoms. The number of primary amides is 1. The van der Waals surface area contributed by atoms with Gasteiger partial charge in [0.2, 0.25) is 5.91 Å². The number of nitrogens with two attached hydrogens (primary N) is 1. The van der Waals surface area contributed by atoms with Crippen molar-refractivity contribution in [1.29, 1.82) is 0 Å². The molecule has 3 heteroatoms. The third-order valence-corrected chi connectivity index (χ3v) is 4.03. The van der Waals surface area contributed by atoms with Crippen LogP contribution in [0.2, 0.25) is 0 Å². The molecule has 0 atom stereocenters. The van der Waals surface area contributed by atoms with E-state index >= 15 is 0 Å². The smallest absolute Gasteiger partial charge is 0.237 e. The van der Waals surface area contributed by atoms with Crippen LogP contribution in [0.5, 0.6) is 0 Å². The standard InChI is InChI=1S/C12H22N2O/c1-9-4-6-12(7-5-9,11(13)15)14-8-10-2-3-10/h9-10,14H,2-8H2,1H3,(H2,13,15). The van der Waals surface area contributed by atoms with Gasteiger partial charge in [0, 0.05) is 0 Å². The van der Waals surface area contributed by atoms with Crippen LogP contribution in [0.3, 0.4) is 0 Å². The Kier molecular flexibility index (Phi) is 3.01. The van der Waals surface area contributed by atoms with Crippen molar-refractivity contribution < 1.29 is 4.79 Å². The lowest BCUT2D eigenvalue weighted by molar-refractivity contribution is -0.126. The van der Waals surface area contributed by atoms with Gasteiger partial charge in [0.15, 0.2) is 0 Å². The largest absolute Gasteiger partial charge is 0.368 e. The van der Waals surface area contributed by atoms with Gasteiger partial charge in [-0.25, -0.2) is 0 Å². The summed E-state index contributed by atoms with van der Waals surface area (Å²) in [6, 6.07) is 0. The molecule has 0 bridgehead atoms. The number of carbonyl (C=O) groups is 1. The molecule has 1 amide bonds. The molecule has 86 valence electrons. The van der Waals surface area contributed by atoms with Gasteiger partial charge in [-0.1, -0.05) is 6.92 Å². The molecule has 2 saturated carbocycles. The Bertz CT molecular complexity index is 240. The Hall–Kier alpha value is -0.570. The van der Waals surface area contributed by atoms with Crippen LogP contribution in [0, 0.1) is 11.8 Å². The van der Waals surface area contributed by atoms with Gasteiger partial charge in [-0.05, 0) is 56.9 Å². The van der Waals surface area contributed by atoms with Crippen LogP contribution in [0.4, 0.5) is 0 Å². The molecule has 0 aromatic rings. The molecule has 0 saturated heterocycles. The van der Waals surface area contributed by atoms with Crippen molar-refractivity contribution in [2.45, 2.75) is 51.0 Å². The summed E-state index contributed by atoms with van der Waals surface area (Å²) in [5, 5.41) is 3.44. The highest BCUT2D eigenvalue weighted by molar-refractivity contribution is 5.84. The minimum Gasteiger partial charge on any atom is -0.368 e. The Morgan fingerprint density at radius 2 is 1.93 bits per heavy atom. The summed E-state index contributed by atoms with van der Waals surface area (Å²) >= 11 is 0. The molecule has 0 aromatic heterocycles. The minimum absolute atomic E-state index is 0.143. The van der Waals surface area contributed by atoms with E-state index < -0.39 is 0 Å². The van der Waals surface area contributed by atoms with Gasteiger partial charge < -0.3 is 11.1 Å². The van der Waals surface area contributed by atoms with Gasteiger partial charge in [-0.2, -0.15) is 0 Å². The van der Waals surface area contributed by atoms with Gasteiger partial charge in [-0.3, -0.25) is 4.79 Å². The molecular formula is C12H22N2O. The fourth-order valence-electron chi connectivity index (χ4n) is 2.43. The summed E-state index contributed by atoms with van der Waals surface area (Å²) in [5.41, 5.74) is 5.17. The van der Waals surface area contributed by atoms with Crippen molar-refractivity contribution in [3.8, 4) is 0 Å². The summed E-state index contributed by atoms with van der Waals surface area (Å²) < 4.78 is 0. The van der Waals surface area contributed by atoms with E-state index in [0.717, 1.165) is 44.1 Å². The predicted octanol–water partition coefficient (Wildman–Crippen LogP) is 1.42. The molecule has 0 heterocycles. The zero-order valence-electron chi connectivity index (χ0n) is 9.59. The number of hydrogen-bond acceptors (Lipinski definition) is 2.